The Morgan fingerprint density at radius 1 is 1.50 bits per heavy atom. The maximum absolute atomic E-state index is 7.62. The second-order valence-electron chi connectivity index (χ2n) is 1.59. The van der Waals surface area contributed by atoms with Crippen molar-refractivity contribution in [2.45, 2.75) is 12.2 Å². The maximum Gasteiger partial charge on any atom is 0.0662 e. The van der Waals surface area contributed by atoms with Gasteiger partial charge >= 0.3 is 0 Å². The Balaban J connectivity index is 0.000000122. The van der Waals surface area contributed by atoms with E-state index in [1.807, 2.05) is 11.8 Å². The van der Waals surface area contributed by atoms with Crippen molar-refractivity contribution in [2.24, 2.45) is 0 Å². The highest BCUT2D eigenvalue weighted by atomic mass is 32.2. The zero-order chi connectivity index (χ0) is 6.41. The lowest BCUT2D eigenvalue weighted by molar-refractivity contribution is 0.186. The molecule has 1 heterocycles. The van der Waals surface area contributed by atoms with Gasteiger partial charge in [0.15, 0.2) is 0 Å². The summed E-state index contributed by atoms with van der Waals surface area (Å²) in [6.45, 7) is 1.99. The fourth-order valence-electron chi connectivity index (χ4n) is 0.0962. The topological polar surface area (TPSA) is 40.5 Å². The van der Waals surface area contributed by atoms with Gasteiger partial charge in [0.05, 0.1) is 13.2 Å². The fourth-order valence-corrected chi connectivity index (χ4v) is 0.289. The molecule has 0 bridgehead atoms. The molecule has 0 saturated carbocycles. The summed E-state index contributed by atoms with van der Waals surface area (Å²) in [5.41, 5.74) is 0. The minimum absolute atomic E-state index is 0.125. The molecule has 1 atom stereocenters. The van der Waals surface area contributed by atoms with Gasteiger partial charge in [-0.05, 0) is 0 Å². The second kappa shape index (κ2) is 5.41. The zero-order valence-corrected chi connectivity index (χ0v) is 5.82. The predicted octanol–water partition coefficient (Wildman–Crippen LogP) is 0.0927. The number of hydrogen-bond donors (Lipinski definition) is 2. The average molecular weight is 136 g/mol. The van der Waals surface area contributed by atoms with Gasteiger partial charge in [0.25, 0.3) is 0 Å². The van der Waals surface area contributed by atoms with Crippen LogP contribution < -0.4 is 0 Å². The molecule has 0 radical (unpaired) electrons. The van der Waals surface area contributed by atoms with Crippen molar-refractivity contribution in [1.29, 1.82) is 0 Å². The first-order valence-corrected chi connectivity index (χ1v) is 3.69. The molecule has 1 saturated heterocycles. The van der Waals surface area contributed by atoms with Gasteiger partial charge < -0.3 is 10.2 Å². The number of aliphatic hydroxyl groups is 2. The highest BCUT2D eigenvalue weighted by Crippen LogP contribution is 2.28. The highest BCUT2D eigenvalue weighted by Gasteiger charge is 2.13. The van der Waals surface area contributed by atoms with Crippen molar-refractivity contribution < 1.29 is 10.2 Å². The Morgan fingerprint density at radius 3 is 1.75 bits per heavy atom. The van der Waals surface area contributed by atoms with Crippen LogP contribution in [0.4, 0.5) is 0 Å². The van der Waals surface area contributed by atoms with Gasteiger partial charge in [0.2, 0.25) is 0 Å². The molecule has 0 amide bonds. The van der Waals surface area contributed by atoms with Gasteiger partial charge in [0.1, 0.15) is 0 Å². The van der Waals surface area contributed by atoms with Crippen molar-refractivity contribution in [2.75, 3.05) is 19.0 Å². The quantitative estimate of drug-likeness (QED) is 0.502. The lowest BCUT2D eigenvalue weighted by atomic mass is 10.6. The van der Waals surface area contributed by atoms with E-state index in [-0.39, 0.29) is 13.2 Å². The Labute approximate surface area is 53.9 Å². The van der Waals surface area contributed by atoms with Gasteiger partial charge in [-0.3, -0.25) is 0 Å². The molecule has 1 unspecified atom stereocenters. The lowest BCUT2D eigenvalue weighted by Crippen LogP contribution is -1.85. The summed E-state index contributed by atoms with van der Waals surface area (Å²) in [6, 6.07) is 0. The third-order valence-electron chi connectivity index (χ3n) is 0.600. The molecule has 0 aliphatic carbocycles. The van der Waals surface area contributed by atoms with E-state index in [2.05, 4.69) is 6.92 Å². The van der Waals surface area contributed by atoms with Crippen molar-refractivity contribution in [3.8, 4) is 0 Å². The Morgan fingerprint density at radius 2 is 1.75 bits per heavy atom. The van der Waals surface area contributed by atoms with E-state index in [1.165, 1.54) is 5.75 Å². The molecule has 2 N–H and O–H groups in total. The smallest absolute Gasteiger partial charge is 0.0662 e. The minimum atomic E-state index is -0.125. The second-order valence-corrected chi connectivity index (χ2v) is 3.06. The summed E-state index contributed by atoms with van der Waals surface area (Å²) in [5, 5.41) is 16.2. The van der Waals surface area contributed by atoms with Crippen molar-refractivity contribution in [3.63, 3.8) is 0 Å². The first-order valence-electron chi connectivity index (χ1n) is 2.64. The van der Waals surface area contributed by atoms with Crippen molar-refractivity contribution in [1.82, 2.24) is 0 Å². The van der Waals surface area contributed by atoms with Crippen LogP contribution in [0.15, 0.2) is 0 Å². The lowest BCUT2D eigenvalue weighted by Gasteiger charge is -1.70. The predicted molar refractivity (Wildman–Crippen MR) is 36.1 cm³/mol. The average Bonchev–Trinajstić information content (AvgIpc) is 2.52. The third kappa shape index (κ3) is 9.55. The normalized spacial score (nSPS) is 23.6. The summed E-state index contributed by atoms with van der Waals surface area (Å²) in [7, 11) is 0. The summed E-state index contributed by atoms with van der Waals surface area (Å²) in [4.78, 5) is 0. The van der Waals surface area contributed by atoms with Gasteiger partial charge in [-0.25, -0.2) is 0 Å². The maximum atomic E-state index is 7.62. The third-order valence-corrected chi connectivity index (χ3v) is 1.60. The van der Waals surface area contributed by atoms with Crippen LogP contribution in [-0.2, 0) is 0 Å². The van der Waals surface area contributed by atoms with E-state index in [9.17, 15) is 0 Å². The molecule has 0 aromatic heterocycles. The van der Waals surface area contributed by atoms with Crippen LogP contribution in [0.25, 0.3) is 0 Å². The largest absolute Gasteiger partial charge is 0.394 e. The van der Waals surface area contributed by atoms with Crippen LogP contribution in [0.1, 0.15) is 6.92 Å². The Bertz CT molecular complexity index is 43.7. The number of hydrogen-bond acceptors (Lipinski definition) is 3. The zero-order valence-electron chi connectivity index (χ0n) is 5.00. The molecule has 1 fully saturated rings. The van der Waals surface area contributed by atoms with Crippen molar-refractivity contribution >= 4 is 11.8 Å². The molecule has 8 heavy (non-hydrogen) atoms. The van der Waals surface area contributed by atoms with E-state index in [0.29, 0.717) is 0 Å². The fraction of sp³-hybridized carbons (Fsp3) is 1.00. The SMILES string of the molecule is CC1CS1.OCCO. The first kappa shape index (κ1) is 8.27. The molecule has 0 aromatic carbocycles. The van der Waals surface area contributed by atoms with Gasteiger partial charge in [0, 0.05) is 11.0 Å². The molecule has 2 nitrogen and oxygen atoms in total. The highest BCUT2D eigenvalue weighted by molar-refractivity contribution is 8.06. The first-order chi connectivity index (χ1) is 3.81. The molecule has 1 aliphatic heterocycles. The summed E-state index contributed by atoms with van der Waals surface area (Å²) in [5.74, 6) is 1.40. The molecular weight excluding hydrogens is 124 g/mol. The molecule has 0 aromatic rings. The number of rotatable bonds is 1. The van der Waals surface area contributed by atoms with E-state index in [1.54, 1.807) is 0 Å². The summed E-state index contributed by atoms with van der Waals surface area (Å²) in [6.07, 6.45) is 0. The van der Waals surface area contributed by atoms with Crippen LogP contribution in [0.5, 0.6) is 0 Å². The van der Waals surface area contributed by atoms with Crippen LogP contribution in [0.2, 0.25) is 0 Å². The molecule has 3 heteroatoms. The van der Waals surface area contributed by atoms with Gasteiger partial charge in [-0.15, -0.1) is 0 Å². The standard InChI is InChI=1S/C3H6S.C2H6O2/c1-3-2-4-3;3-1-2-4/h3H,2H2,1H3;3-4H,1-2H2. The van der Waals surface area contributed by atoms with Gasteiger partial charge in [-0.1, -0.05) is 6.92 Å². The van der Waals surface area contributed by atoms with Crippen molar-refractivity contribution in [3.05, 3.63) is 0 Å². The summed E-state index contributed by atoms with van der Waals surface area (Å²) < 4.78 is 0. The number of thioether (sulfide) groups is 1. The molecule has 50 valence electrons. The van der Waals surface area contributed by atoms with Crippen LogP contribution in [-0.4, -0.2) is 34.4 Å². The molecular formula is C5H12O2S. The Kier molecular flexibility index (Phi) is 5.59. The van der Waals surface area contributed by atoms with E-state index >= 15 is 0 Å². The monoisotopic (exact) mass is 136 g/mol. The van der Waals surface area contributed by atoms with Crippen LogP contribution in [0, 0.1) is 0 Å². The molecule has 1 rings (SSSR count). The van der Waals surface area contributed by atoms with E-state index in [0.717, 1.165) is 5.25 Å². The van der Waals surface area contributed by atoms with Crippen LogP contribution in [0.3, 0.4) is 0 Å². The van der Waals surface area contributed by atoms with E-state index < -0.39 is 0 Å². The number of aliphatic hydroxyl groups excluding tert-OH is 2. The van der Waals surface area contributed by atoms with Crippen LogP contribution >= 0.6 is 11.8 Å². The Hall–Kier alpha value is 0.270. The van der Waals surface area contributed by atoms with Gasteiger partial charge in [-0.2, -0.15) is 11.8 Å². The molecule has 1 aliphatic rings. The summed E-state index contributed by atoms with van der Waals surface area (Å²) >= 11 is 2.02. The minimum Gasteiger partial charge on any atom is -0.394 e. The van der Waals surface area contributed by atoms with E-state index in [4.69, 9.17) is 10.2 Å². The molecule has 0 spiro atoms.